The van der Waals surface area contributed by atoms with Crippen LogP contribution in [-0.2, 0) is 19.2 Å². The molecule has 42 heavy (non-hydrogen) atoms. The van der Waals surface area contributed by atoms with Crippen LogP contribution in [0.3, 0.4) is 0 Å². The second-order valence-corrected chi connectivity index (χ2v) is 12.7. The maximum atomic E-state index is 14.4. The van der Waals surface area contributed by atoms with Gasteiger partial charge in [0.1, 0.15) is 11.5 Å². The zero-order valence-electron chi connectivity index (χ0n) is 23.2. The highest BCUT2D eigenvalue weighted by atomic mass is 16.5. The van der Waals surface area contributed by atoms with Crippen LogP contribution in [-0.4, -0.2) is 34.1 Å². The van der Waals surface area contributed by atoms with Crippen molar-refractivity contribution in [3.63, 3.8) is 0 Å². The number of carbonyl (C=O) groups excluding carboxylic acids is 2. The van der Waals surface area contributed by atoms with Gasteiger partial charge in [0.2, 0.25) is 0 Å². The molecule has 9 unspecified atom stereocenters. The van der Waals surface area contributed by atoms with E-state index in [1.807, 2.05) is 45.1 Å². The average molecular weight is 565 g/mol. The van der Waals surface area contributed by atoms with Gasteiger partial charge >= 0.3 is 23.9 Å². The molecule has 1 heterocycles. The van der Waals surface area contributed by atoms with E-state index in [1.54, 1.807) is 30.3 Å². The molecule has 3 aromatic carbocycles. The number of carboxylic acid groups (broad SMARTS) is 2. The van der Waals surface area contributed by atoms with Crippen molar-refractivity contribution in [2.75, 3.05) is 0 Å². The molecule has 3 aromatic rings. The SMILES string of the molecule is CC1=CC2C3C(=O)Oc4c5ccccc5c(c5c(C)cccc45)OC(=O)C4C(C(=O)O)C5C(C)=CC4C25C1C3C(=O)O. The molecule has 4 aliphatic carbocycles. The number of ether oxygens (including phenoxy) is 2. The molecule has 1 spiro atoms. The molecular formula is C34H28O8. The van der Waals surface area contributed by atoms with Crippen LogP contribution in [0.5, 0.6) is 11.5 Å². The summed E-state index contributed by atoms with van der Waals surface area (Å²) in [5.41, 5.74) is 1.46. The maximum absolute atomic E-state index is 14.4. The minimum atomic E-state index is -1.13. The van der Waals surface area contributed by atoms with Gasteiger partial charge in [-0.25, -0.2) is 0 Å². The highest BCUT2D eigenvalue weighted by molar-refractivity contribution is 6.14. The van der Waals surface area contributed by atoms with Gasteiger partial charge in [0.05, 0.1) is 23.7 Å². The highest BCUT2D eigenvalue weighted by Crippen LogP contribution is 2.78. The molecule has 1 aliphatic heterocycles. The van der Waals surface area contributed by atoms with E-state index in [4.69, 9.17) is 9.47 Å². The van der Waals surface area contributed by atoms with Crippen LogP contribution >= 0.6 is 0 Å². The Morgan fingerprint density at radius 3 is 1.69 bits per heavy atom. The number of hydrogen-bond donors (Lipinski definition) is 2. The van der Waals surface area contributed by atoms with Crippen LogP contribution < -0.4 is 9.47 Å². The molecule has 0 radical (unpaired) electrons. The molecule has 2 fully saturated rings. The summed E-state index contributed by atoms with van der Waals surface area (Å²) >= 11 is 0. The van der Waals surface area contributed by atoms with Crippen molar-refractivity contribution in [1.29, 1.82) is 0 Å². The third kappa shape index (κ3) is 2.73. The summed E-state index contributed by atoms with van der Waals surface area (Å²) in [5, 5.41) is 23.5. The molecule has 0 amide bonds. The van der Waals surface area contributed by atoms with Crippen molar-refractivity contribution >= 4 is 45.4 Å². The quantitative estimate of drug-likeness (QED) is 0.189. The Hall–Kier alpha value is -4.46. The van der Waals surface area contributed by atoms with E-state index in [2.05, 4.69) is 0 Å². The number of rotatable bonds is 2. The minimum Gasteiger partial charge on any atom is -0.481 e. The molecule has 2 N–H and O–H groups in total. The molecule has 9 atom stereocenters. The third-order valence-corrected chi connectivity index (χ3v) is 11.0. The van der Waals surface area contributed by atoms with E-state index in [9.17, 15) is 29.4 Å². The second kappa shape index (κ2) is 8.09. The minimum absolute atomic E-state index is 0.292. The first-order valence-corrected chi connectivity index (χ1v) is 14.3. The molecule has 8 nitrogen and oxygen atoms in total. The predicted octanol–water partition coefficient (Wildman–Crippen LogP) is 5.16. The molecule has 8 heteroatoms. The summed E-state index contributed by atoms with van der Waals surface area (Å²) in [6.07, 6.45) is 3.89. The van der Waals surface area contributed by atoms with E-state index < -0.39 is 76.6 Å². The Labute approximate surface area is 240 Å². The molecule has 5 aliphatic rings. The van der Waals surface area contributed by atoms with E-state index >= 15 is 0 Å². The summed E-state index contributed by atoms with van der Waals surface area (Å²) in [5.74, 6) is -9.79. The van der Waals surface area contributed by atoms with Crippen LogP contribution in [0.1, 0.15) is 19.4 Å². The van der Waals surface area contributed by atoms with Gasteiger partial charge in [-0.1, -0.05) is 65.8 Å². The smallest absolute Gasteiger partial charge is 0.315 e. The first-order valence-electron chi connectivity index (χ1n) is 14.3. The number of allylic oxidation sites excluding steroid dienone is 4. The number of carboxylic acids is 2. The van der Waals surface area contributed by atoms with Gasteiger partial charge in [-0.15, -0.1) is 0 Å². The predicted molar refractivity (Wildman–Crippen MR) is 151 cm³/mol. The molecule has 0 aromatic heterocycles. The third-order valence-electron chi connectivity index (χ3n) is 11.0. The van der Waals surface area contributed by atoms with Gasteiger partial charge < -0.3 is 19.7 Å². The van der Waals surface area contributed by atoms with Gasteiger partial charge in [0.25, 0.3) is 0 Å². The Kier molecular flexibility index (Phi) is 4.87. The molecule has 0 saturated heterocycles. The highest BCUT2D eigenvalue weighted by Gasteiger charge is 2.80. The zero-order valence-corrected chi connectivity index (χ0v) is 23.2. The Balaban J connectivity index is 1.49. The first kappa shape index (κ1) is 25.3. The van der Waals surface area contributed by atoms with Crippen LogP contribution in [0.4, 0.5) is 0 Å². The fourth-order valence-electron chi connectivity index (χ4n) is 10.0. The van der Waals surface area contributed by atoms with E-state index in [0.717, 1.165) is 16.7 Å². The van der Waals surface area contributed by atoms with Crippen molar-refractivity contribution in [3.8, 4) is 11.5 Å². The Morgan fingerprint density at radius 2 is 1.17 bits per heavy atom. The lowest BCUT2D eigenvalue weighted by Crippen LogP contribution is -2.39. The zero-order chi connectivity index (χ0) is 29.4. The van der Waals surface area contributed by atoms with E-state index in [0.29, 0.717) is 33.0 Å². The number of carbonyl (C=O) groups is 4. The topological polar surface area (TPSA) is 127 Å². The van der Waals surface area contributed by atoms with Crippen molar-refractivity contribution in [2.24, 2.45) is 52.8 Å². The van der Waals surface area contributed by atoms with Crippen LogP contribution in [0.15, 0.2) is 65.8 Å². The normalized spacial score (nSPS) is 35.8. The average Bonchev–Trinajstić information content (AvgIpc) is 3.61. The van der Waals surface area contributed by atoms with Gasteiger partial charge in [-0.3, -0.25) is 19.2 Å². The van der Waals surface area contributed by atoms with Crippen molar-refractivity contribution < 1.29 is 38.9 Å². The summed E-state index contributed by atoms with van der Waals surface area (Å²) in [6.45, 7) is 5.57. The molecule has 212 valence electrons. The first-order chi connectivity index (χ1) is 20.1. The number of esters is 2. The monoisotopic (exact) mass is 564 g/mol. The standard InChI is InChI=1S/C34H28O8/c1-13-7-6-10-18-21(13)29-17-9-5-4-8-16(17)28(18)41-32(39)22-19-11-14(2)26(24(22)30(35)36)34(19)20-12-15(3)27(34)25(31(37)38)23(20)33(40)42-29/h4-12,19-20,22-27H,1-3H3,(H,35,36)(H,37,38). The fourth-order valence-corrected chi connectivity index (χ4v) is 10.0. The maximum Gasteiger partial charge on any atom is 0.315 e. The number of aryl methyl sites for hydroxylation is 1. The van der Waals surface area contributed by atoms with Gasteiger partial charge in [-0.2, -0.15) is 0 Å². The van der Waals surface area contributed by atoms with Crippen LogP contribution in [0.2, 0.25) is 0 Å². The Morgan fingerprint density at radius 1 is 0.690 bits per heavy atom. The second-order valence-electron chi connectivity index (χ2n) is 12.7. The van der Waals surface area contributed by atoms with Gasteiger partial charge in [-0.05, 0) is 43.6 Å². The van der Waals surface area contributed by atoms with Crippen molar-refractivity contribution in [1.82, 2.24) is 0 Å². The van der Waals surface area contributed by atoms with Crippen molar-refractivity contribution in [3.05, 3.63) is 71.3 Å². The lowest BCUT2D eigenvalue weighted by Gasteiger charge is -2.38. The number of aliphatic carboxylic acids is 2. The van der Waals surface area contributed by atoms with Crippen LogP contribution in [0.25, 0.3) is 21.5 Å². The van der Waals surface area contributed by atoms with E-state index in [-0.39, 0.29) is 0 Å². The summed E-state index contributed by atoms with van der Waals surface area (Å²) in [4.78, 5) is 54.8. The largest absolute Gasteiger partial charge is 0.481 e. The summed E-state index contributed by atoms with van der Waals surface area (Å²) in [7, 11) is 0. The number of hydrogen-bond acceptors (Lipinski definition) is 6. The van der Waals surface area contributed by atoms with Gasteiger partial charge in [0, 0.05) is 33.4 Å². The summed E-state index contributed by atoms with van der Waals surface area (Å²) in [6, 6.07) is 12.6. The summed E-state index contributed by atoms with van der Waals surface area (Å²) < 4.78 is 12.6. The van der Waals surface area contributed by atoms with Crippen LogP contribution in [0, 0.1) is 59.7 Å². The lowest BCUT2D eigenvalue weighted by atomic mass is 9.63. The van der Waals surface area contributed by atoms with Crippen molar-refractivity contribution in [2.45, 2.75) is 20.8 Å². The number of fused-ring (bicyclic) bond motifs is 3. The molecule has 9 bridgehead atoms. The molecule has 8 rings (SSSR count). The number of benzene rings is 3. The fraction of sp³-hybridized carbons (Fsp3) is 0.353. The Bertz CT molecular complexity index is 1880. The van der Waals surface area contributed by atoms with Gasteiger partial charge in [0.15, 0.2) is 0 Å². The van der Waals surface area contributed by atoms with E-state index in [1.165, 1.54) is 0 Å². The lowest BCUT2D eigenvalue weighted by molar-refractivity contribution is -0.152. The molecule has 2 saturated carbocycles. The molecular weight excluding hydrogens is 536 g/mol.